The molecule has 0 aromatic heterocycles. The number of halogens is 3. The molecule has 0 fully saturated rings. The Hall–Kier alpha value is 0.0500. The van der Waals surface area contributed by atoms with Crippen molar-refractivity contribution in [1.82, 2.24) is 5.32 Å². The molecule has 0 amide bonds. The molecule has 0 heterocycles. The highest BCUT2D eigenvalue weighted by molar-refractivity contribution is 6.35. The molecule has 0 unspecified atom stereocenters. The summed E-state index contributed by atoms with van der Waals surface area (Å²) >= 11 is 12.1. The van der Waals surface area contributed by atoms with Gasteiger partial charge >= 0.3 is 0 Å². The average Bonchev–Trinajstić information content (AvgIpc) is 2.15. The number of hydrogen-bond donors (Lipinski definition) is 1. The molecule has 1 N–H and O–H groups in total. The van der Waals surface area contributed by atoms with Crippen LogP contribution in [0.3, 0.4) is 0 Å². The molecule has 16 heavy (non-hydrogen) atoms. The molecule has 0 aliphatic carbocycles. The Bertz CT molecular complexity index is 293. The SMILES string of the molecule is CC(C)CCNCc1c(Cl)cccc1Cl.Cl. The van der Waals surface area contributed by atoms with E-state index >= 15 is 0 Å². The second-order valence-electron chi connectivity index (χ2n) is 4.06. The third-order valence-electron chi connectivity index (χ3n) is 2.26. The van der Waals surface area contributed by atoms with Gasteiger partial charge in [0.05, 0.1) is 0 Å². The van der Waals surface area contributed by atoms with Crippen LogP contribution >= 0.6 is 35.6 Å². The van der Waals surface area contributed by atoms with E-state index in [2.05, 4.69) is 19.2 Å². The van der Waals surface area contributed by atoms with Crippen LogP contribution in [0.5, 0.6) is 0 Å². The number of benzene rings is 1. The van der Waals surface area contributed by atoms with Crippen LogP contribution in [0.25, 0.3) is 0 Å². The summed E-state index contributed by atoms with van der Waals surface area (Å²) in [5.74, 6) is 0.721. The Morgan fingerprint density at radius 2 is 1.75 bits per heavy atom. The van der Waals surface area contributed by atoms with Crippen molar-refractivity contribution < 1.29 is 0 Å². The van der Waals surface area contributed by atoms with Gasteiger partial charge in [0.1, 0.15) is 0 Å². The van der Waals surface area contributed by atoms with Crippen LogP contribution in [0.15, 0.2) is 18.2 Å². The van der Waals surface area contributed by atoms with E-state index in [9.17, 15) is 0 Å². The van der Waals surface area contributed by atoms with Crippen molar-refractivity contribution in [1.29, 1.82) is 0 Å². The first-order chi connectivity index (χ1) is 7.11. The first-order valence-electron chi connectivity index (χ1n) is 5.25. The second-order valence-corrected chi connectivity index (χ2v) is 4.87. The summed E-state index contributed by atoms with van der Waals surface area (Å²) in [6, 6.07) is 5.60. The van der Waals surface area contributed by atoms with Crippen molar-refractivity contribution in [2.45, 2.75) is 26.8 Å². The molecule has 0 saturated carbocycles. The van der Waals surface area contributed by atoms with E-state index in [4.69, 9.17) is 23.2 Å². The summed E-state index contributed by atoms with van der Waals surface area (Å²) in [6.45, 7) is 6.17. The van der Waals surface area contributed by atoms with Gasteiger partial charge in [0.2, 0.25) is 0 Å². The van der Waals surface area contributed by atoms with Crippen LogP contribution in [-0.2, 0) is 6.54 Å². The largest absolute Gasteiger partial charge is 0.313 e. The summed E-state index contributed by atoms with van der Waals surface area (Å²) in [5.41, 5.74) is 0.990. The lowest BCUT2D eigenvalue weighted by Gasteiger charge is -2.09. The van der Waals surface area contributed by atoms with Crippen LogP contribution in [0, 0.1) is 5.92 Å². The molecule has 1 aromatic rings. The Labute approximate surface area is 114 Å². The summed E-state index contributed by atoms with van der Waals surface area (Å²) in [6.07, 6.45) is 1.17. The lowest BCUT2D eigenvalue weighted by molar-refractivity contribution is 0.537. The van der Waals surface area contributed by atoms with E-state index in [1.54, 1.807) is 0 Å². The highest BCUT2D eigenvalue weighted by atomic mass is 35.5. The minimum atomic E-state index is 0. The van der Waals surface area contributed by atoms with Crippen molar-refractivity contribution >= 4 is 35.6 Å². The maximum absolute atomic E-state index is 6.05. The molecule has 0 aliphatic rings. The van der Waals surface area contributed by atoms with Crippen molar-refractivity contribution in [3.8, 4) is 0 Å². The Morgan fingerprint density at radius 1 is 1.19 bits per heavy atom. The first kappa shape index (κ1) is 16.1. The van der Waals surface area contributed by atoms with Gasteiger partial charge in [-0.15, -0.1) is 12.4 Å². The molecule has 1 rings (SSSR count). The Morgan fingerprint density at radius 3 is 2.25 bits per heavy atom. The molecule has 1 aromatic carbocycles. The van der Waals surface area contributed by atoms with Crippen molar-refractivity contribution in [3.63, 3.8) is 0 Å². The van der Waals surface area contributed by atoms with E-state index in [-0.39, 0.29) is 12.4 Å². The molecular formula is C12H18Cl3N. The van der Waals surface area contributed by atoms with Gasteiger partial charge < -0.3 is 5.32 Å². The zero-order chi connectivity index (χ0) is 11.3. The topological polar surface area (TPSA) is 12.0 Å². The summed E-state index contributed by atoms with van der Waals surface area (Å²) in [4.78, 5) is 0. The van der Waals surface area contributed by atoms with Gasteiger partial charge in [0, 0.05) is 22.2 Å². The lowest BCUT2D eigenvalue weighted by atomic mass is 10.1. The maximum Gasteiger partial charge on any atom is 0.0465 e. The van der Waals surface area contributed by atoms with Gasteiger partial charge in [-0.2, -0.15) is 0 Å². The van der Waals surface area contributed by atoms with Gasteiger partial charge in [-0.05, 0) is 31.0 Å². The normalized spacial score (nSPS) is 10.3. The third kappa shape index (κ3) is 5.40. The predicted molar refractivity (Wildman–Crippen MR) is 74.9 cm³/mol. The predicted octanol–water partition coefficient (Wildman–Crippen LogP) is 4.55. The zero-order valence-corrected chi connectivity index (χ0v) is 11.9. The van der Waals surface area contributed by atoms with E-state index < -0.39 is 0 Å². The molecule has 0 radical (unpaired) electrons. The first-order valence-corrected chi connectivity index (χ1v) is 6.00. The minimum absolute atomic E-state index is 0. The van der Waals surface area contributed by atoms with E-state index in [1.165, 1.54) is 6.42 Å². The summed E-state index contributed by atoms with van der Waals surface area (Å²) in [5, 5.41) is 4.82. The lowest BCUT2D eigenvalue weighted by Crippen LogP contribution is -2.16. The molecule has 0 saturated heterocycles. The quantitative estimate of drug-likeness (QED) is 0.781. The van der Waals surface area contributed by atoms with Gasteiger partial charge in [0.25, 0.3) is 0 Å². The number of rotatable bonds is 5. The fourth-order valence-corrected chi connectivity index (χ4v) is 1.84. The number of nitrogens with one attached hydrogen (secondary N) is 1. The van der Waals surface area contributed by atoms with Gasteiger partial charge in [-0.3, -0.25) is 0 Å². The van der Waals surface area contributed by atoms with Crippen LogP contribution in [0.1, 0.15) is 25.8 Å². The Kier molecular flexibility index (Phi) is 8.21. The van der Waals surface area contributed by atoms with Crippen LogP contribution in [0.2, 0.25) is 10.0 Å². The molecule has 0 aliphatic heterocycles. The van der Waals surface area contributed by atoms with Gasteiger partial charge in [-0.1, -0.05) is 43.1 Å². The minimum Gasteiger partial charge on any atom is -0.313 e. The summed E-state index contributed by atoms with van der Waals surface area (Å²) in [7, 11) is 0. The number of hydrogen-bond acceptors (Lipinski definition) is 1. The van der Waals surface area contributed by atoms with Gasteiger partial charge in [-0.25, -0.2) is 0 Å². The van der Waals surface area contributed by atoms with Crippen LogP contribution in [0.4, 0.5) is 0 Å². The molecular weight excluding hydrogens is 264 g/mol. The van der Waals surface area contributed by atoms with E-state index in [0.29, 0.717) is 0 Å². The van der Waals surface area contributed by atoms with Crippen molar-refractivity contribution in [3.05, 3.63) is 33.8 Å². The summed E-state index contributed by atoms with van der Waals surface area (Å²) < 4.78 is 0. The average molecular weight is 283 g/mol. The molecule has 1 nitrogen and oxygen atoms in total. The molecule has 92 valence electrons. The molecule has 4 heteroatoms. The molecule has 0 atom stereocenters. The third-order valence-corrected chi connectivity index (χ3v) is 2.97. The maximum atomic E-state index is 6.05. The second kappa shape index (κ2) is 8.19. The Balaban J connectivity index is 0.00000225. The smallest absolute Gasteiger partial charge is 0.0465 e. The standard InChI is InChI=1S/C12H17Cl2N.ClH/c1-9(2)6-7-15-8-10-11(13)4-3-5-12(10)14;/h3-5,9,15H,6-8H2,1-2H3;1H. The van der Waals surface area contributed by atoms with E-state index in [1.807, 2.05) is 18.2 Å². The highest BCUT2D eigenvalue weighted by Gasteiger charge is 2.04. The van der Waals surface area contributed by atoms with Gasteiger partial charge in [0.15, 0.2) is 0 Å². The fourth-order valence-electron chi connectivity index (χ4n) is 1.31. The van der Waals surface area contributed by atoms with Crippen molar-refractivity contribution in [2.24, 2.45) is 5.92 Å². The molecule has 0 spiro atoms. The monoisotopic (exact) mass is 281 g/mol. The van der Waals surface area contributed by atoms with E-state index in [0.717, 1.165) is 34.6 Å². The van der Waals surface area contributed by atoms with Crippen molar-refractivity contribution in [2.75, 3.05) is 6.54 Å². The fraction of sp³-hybridized carbons (Fsp3) is 0.500. The van der Waals surface area contributed by atoms with Crippen LogP contribution < -0.4 is 5.32 Å². The molecule has 0 bridgehead atoms. The highest BCUT2D eigenvalue weighted by Crippen LogP contribution is 2.23. The van der Waals surface area contributed by atoms with Crippen LogP contribution in [-0.4, -0.2) is 6.54 Å². The zero-order valence-electron chi connectivity index (χ0n) is 9.59.